The third-order valence-corrected chi connectivity index (χ3v) is 5.16. The number of imidazole rings is 1. The van der Waals surface area contributed by atoms with Crippen LogP contribution in [0.5, 0.6) is 0 Å². The van der Waals surface area contributed by atoms with Crippen LogP contribution < -0.4 is 0 Å². The summed E-state index contributed by atoms with van der Waals surface area (Å²) in [6.45, 7) is 7.00. The molecule has 28 heavy (non-hydrogen) atoms. The molecule has 3 heterocycles. The number of carbonyl (C=O) groups excluding carboxylic acids is 1. The Balaban J connectivity index is 1.46. The zero-order valence-electron chi connectivity index (χ0n) is 16.5. The second-order valence-electron chi connectivity index (χ2n) is 8.52. The number of amides is 1. The number of nitrogens with zero attached hydrogens (tertiary/aromatic N) is 4. The van der Waals surface area contributed by atoms with Crippen molar-refractivity contribution in [3.05, 3.63) is 23.1 Å². The lowest BCUT2D eigenvalue weighted by molar-refractivity contribution is 0.0199. The maximum Gasteiger partial charge on any atom is 0.410 e. The van der Waals surface area contributed by atoms with Gasteiger partial charge in [-0.1, -0.05) is 17.5 Å². The van der Waals surface area contributed by atoms with Crippen LogP contribution in [0.3, 0.4) is 0 Å². The van der Waals surface area contributed by atoms with Crippen LogP contribution in [0.25, 0.3) is 11.2 Å². The number of halogens is 1. The minimum atomic E-state index is -0.466. The molecule has 0 atom stereocenters. The monoisotopic (exact) mass is 400 g/mol. The fraction of sp³-hybridized carbons (Fsp3) is 0.571. The molecular weight excluding hydrogens is 376 g/mol. The van der Waals surface area contributed by atoms with Gasteiger partial charge in [-0.25, -0.2) is 14.8 Å². The van der Waals surface area contributed by atoms with Crippen LogP contribution in [0.2, 0.25) is 5.15 Å². The van der Waals surface area contributed by atoms with E-state index in [9.17, 15) is 4.79 Å². The van der Waals surface area contributed by atoms with Crippen LogP contribution in [-0.2, 0) is 4.74 Å². The van der Waals surface area contributed by atoms with Gasteiger partial charge in [0.15, 0.2) is 11.5 Å². The zero-order chi connectivity index (χ0) is 19.9. The molecule has 2 fully saturated rings. The molecular formula is C21H25ClN4O2. The van der Waals surface area contributed by atoms with Crippen molar-refractivity contribution >= 4 is 28.9 Å². The van der Waals surface area contributed by atoms with Crippen LogP contribution in [0.15, 0.2) is 12.1 Å². The quantitative estimate of drug-likeness (QED) is 0.525. The molecule has 2 aliphatic rings. The molecule has 6 nitrogen and oxygen atoms in total. The number of likely N-dealkylation sites (tertiary alicyclic amines) is 1. The normalized spacial score (nSPS) is 18.1. The van der Waals surface area contributed by atoms with Crippen molar-refractivity contribution in [2.45, 2.75) is 58.1 Å². The van der Waals surface area contributed by atoms with Gasteiger partial charge in [-0.3, -0.25) is 4.57 Å². The first-order valence-electron chi connectivity index (χ1n) is 9.84. The summed E-state index contributed by atoms with van der Waals surface area (Å²) in [6, 6.07) is 4.08. The summed E-state index contributed by atoms with van der Waals surface area (Å²) in [5, 5.41) is 0.475. The predicted octanol–water partition coefficient (Wildman–Crippen LogP) is 4.42. The van der Waals surface area contributed by atoms with E-state index in [2.05, 4.69) is 26.4 Å². The van der Waals surface area contributed by atoms with E-state index in [1.165, 1.54) is 0 Å². The fourth-order valence-electron chi connectivity index (χ4n) is 3.42. The summed E-state index contributed by atoms with van der Waals surface area (Å²) in [4.78, 5) is 23.1. The number of hydrogen-bond donors (Lipinski definition) is 0. The van der Waals surface area contributed by atoms with Gasteiger partial charge in [-0.05, 0) is 64.5 Å². The minimum absolute atomic E-state index is 0.239. The molecule has 4 rings (SSSR count). The molecule has 0 aromatic carbocycles. The van der Waals surface area contributed by atoms with Crippen LogP contribution in [0, 0.1) is 17.8 Å². The van der Waals surface area contributed by atoms with E-state index in [0.717, 1.165) is 42.7 Å². The topological polar surface area (TPSA) is 60.2 Å². The molecule has 1 saturated carbocycles. The predicted molar refractivity (Wildman–Crippen MR) is 108 cm³/mol. The number of piperidine rings is 1. The average molecular weight is 401 g/mol. The molecule has 0 radical (unpaired) electrons. The Morgan fingerprint density at radius 2 is 1.89 bits per heavy atom. The Bertz CT molecular complexity index is 954. The molecule has 0 N–H and O–H groups in total. The highest BCUT2D eigenvalue weighted by molar-refractivity contribution is 6.29. The van der Waals surface area contributed by atoms with E-state index in [4.69, 9.17) is 16.3 Å². The molecule has 2 aromatic heterocycles. The Hall–Kier alpha value is -2.26. The Morgan fingerprint density at radius 3 is 2.54 bits per heavy atom. The molecule has 1 aliphatic carbocycles. The highest BCUT2D eigenvalue weighted by Gasteiger charge is 2.29. The highest BCUT2D eigenvalue weighted by atomic mass is 35.5. The third kappa shape index (κ3) is 4.25. The number of fused-ring (bicyclic) bond motifs is 1. The molecule has 148 valence electrons. The van der Waals surface area contributed by atoms with E-state index >= 15 is 0 Å². The van der Waals surface area contributed by atoms with E-state index in [1.54, 1.807) is 11.0 Å². The Labute approximate surface area is 170 Å². The first-order chi connectivity index (χ1) is 13.3. The first kappa shape index (κ1) is 19.1. The Kier molecular flexibility index (Phi) is 4.96. The SMILES string of the molecule is CC(C)(C)OC(=O)N1CCC(C#Cc2nc3ccc(Cl)nc3n2C2CC2)CC1. The molecule has 1 amide bonds. The summed E-state index contributed by atoms with van der Waals surface area (Å²) in [7, 11) is 0. The molecule has 0 spiro atoms. The summed E-state index contributed by atoms with van der Waals surface area (Å²) in [5.41, 5.74) is 1.19. The van der Waals surface area contributed by atoms with Crippen LogP contribution >= 0.6 is 11.6 Å². The minimum Gasteiger partial charge on any atom is -0.444 e. The summed E-state index contributed by atoms with van der Waals surface area (Å²) >= 11 is 6.07. The van der Waals surface area contributed by atoms with Crippen molar-refractivity contribution in [2.75, 3.05) is 13.1 Å². The lowest BCUT2D eigenvalue weighted by Gasteiger charge is -2.31. The fourth-order valence-corrected chi connectivity index (χ4v) is 3.56. The van der Waals surface area contributed by atoms with Crippen molar-refractivity contribution < 1.29 is 9.53 Å². The van der Waals surface area contributed by atoms with E-state index in [0.29, 0.717) is 24.3 Å². The standard InChI is InChI=1S/C21H25ClN4O2/c1-21(2,3)28-20(27)25-12-10-14(11-13-25)4-9-18-23-16-7-8-17(22)24-19(16)26(18)15-5-6-15/h7-8,14-15H,5-6,10-13H2,1-3H3. The number of rotatable bonds is 1. The lowest BCUT2D eigenvalue weighted by atomic mass is 9.98. The average Bonchev–Trinajstić information content (AvgIpc) is 3.40. The number of aromatic nitrogens is 3. The van der Waals surface area contributed by atoms with Crippen molar-refractivity contribution in [1.82, 2.24) is 19.4 Å². The van der Waals surface area contributed by atoms with Gasteiger partial charge in [0.25, 0.3) is 0 Å². The number of pyridine rings is 1. The maximum absolute atomic E-state index is 12.2. The molecule has 0 bridgehead atoms. The van der Waals surface area contributed by atoms with Crippen molar-refractivity contribution in [3.63, 3.8) is 0 Å². The summed E-state index contributed by atoms with van der Waals surface area (Å²) in [6.07, 6.45) is 3.71. The van der Waals surface area contributed by atoms with E-state index < -0.39 is 5.60 Å². The van der Waals surface area contributed by atoms with Gasteiger partial charge >= 0.3 is 6.09 Å². The van der Waals surface area contributed by atoms with Gasteiger partial charge in [0, 0.05) is 25.0 Å². The van der Waals surface area contributed by atoms with Crippen molar-refractivity contribution in [3.8, 4) is 11.8 Å². The largest absolute Gasteiger partial charge is 0.444 e. The number of ether oxygens (including phenoxy) is 1. The van der Waals surface area contributed by atoms with Gasteiger partial charge < -0.3 is 9.64 Å². The Morgan fingerprint density at radius 1 is 1.18 bits per heavy atom. The third-order valence-electron chi connectivity index (χ3n) is 4.95. The van der Waals surface area contributed by atoms with Crippen LogP contribution in [0.4, 0.5) is 4.79 Å². The van der Waals surface area contributed by atoms with Gasteiger partial charge in [0.1, 0.15) is 16.3 Å². The summed E-state index contributed by atoms with van der Waals surface area (Å²) < 4.78 is 7.58. The van der Waals surface area contributed by atoms with Gasteiger partial charge in [-0.15, -0.1) is 0 Å². The van der Waals surface area contributed by atoms with Gasteiger partial charge in [0.05, 0.1) is 0 Å². The number of hydrogen-bond acceptors (Lipinski definition) is 4. The smallest absolute Gasteiger partial charge is 0.410 e. The zero-order valence-corrected chi connectivity index (χ0v) is 17.3. The number of carbonyl (C=O) groups is 1. The molecule has 2 aromatic rings. The molecule has 7 heteroatoms. The van der Waals surface area contributed by atoms with Gasteiger partial charge in [0.2, 0.25) is 0 Å². The summed E-state index contributed by atoms with van der Waals surface area (Å²) in [5.74, 6) is 7.67. The van der Waals surface area contributed by atoms with Crippen LogP contribution in [0.1, 0.15) is 58.3 Å². The molecule has 0 unspecified atom stereocenters. The lowest BCUT2D eigenvalue weighted by Crippen LogP contribution is -2.41. The highest BCUT2D eigenvalue weighted by Crippen LogP contribution is 2.38. The van der Waals surface area contributed by atoms with Crippen LogP contribution in [-0.4, -0.2) is 44.2 Å². The van der Waals surface area contributed by atoms with Gasteiger partial charge in [-0.2, -0.15) is 0 Å². The van der Waals surface area contributed by atoms with Crippen molar-refractivity contribution in [1.29, 1.82) is 0 Å². The van der Waals surface area contributed by atoms with E-state index in [1.807, 2.05) is 26.8 Å². The first-order valence-corrected chi connectivity index (χ1v) is 10.2. The second kappa shape index (κ2) is 7.29. The maximum atomic E-state index is 12.2. The molecule has 1 aliphatic heterocycles. The molecule has 1 saturated heterocycles. The second-order valence-corrected chi connectivity index (χ2v) is 8.91. The van der Waals surface area contributed by atoms with Crippen molar-refractivity contribution in [2.24, 2.45) is 5.92 Å². The van der Waals surface area contributed by atoms with E-state index in [-0.39, 0.29) is 12.0 Å².